The molecule has 0 amide bonds. The number of rotatable bonds is 9. The van der Waals surface area contributed by atoms with Crippen LogP contribution in [0.15, 0.2) is 54.6 Å². The zero-order chi connectivity index (χ0) is 16.5. The van der Waals surface area contributed by atoms with Gasteiger partial charge in [-0.1, -0.05) is 36.4 Å². The lowest BCUT2D eigenvalue weighted by molar-refractivity contribution is 0.103. The maximum Gasteiger partial charge on any atom is 0.156 e. The van der Waals surface area contributed by atoms with E-state index in [4.69, 9.17) is 14.6 Å². The van der Waals surface area contributed by atoms with Gasteiger partial charge in [-0.2, -0.15) is 0 Å². The Morgan fingerprint density at radius 1 is 0.913 bits per heavy atom. The van der Waals surface area contributed by atoms with E-state index in [2.05, 4.69) is 0 Å². The first-order valence-corrected chi connectivity index (χ1v) is 9.13. The van der Waals surface area contributed by atoms with Crippen molar-refractivity contribution in [2.24, 2.45) is 0 Å². The van der Waals surface area contributed by atoms with Gasteiger partial charge in [-0.3, -0.25) is 0 Å². The second-order valence-electron chi connectivity index (χ2n) is 4.95. The molecular formula is C17H20O5S. The first-order chi connectivity index (χ1) is 11.1. The van der Waals surface area contributed by atoms with Gasteiger partial charge in [0.15, 0.2) is 9.84 Å². The number of hydrogen-bond donors (Lipinski definition) is 1. The average Bonchev–Trinajstić information content (AvgIpc) is 2.54. The highest BCUT2D eigenvalue weighted by Crippen LogP contribution is 2.26. The predicted molar refractivity (Wildman–Crippen MR) is 88.4 cm³/mol. The molecule has 23 heavy (non-hydrogen) atoms. The fourth-order valence-electron chi connectivity index (χ4n) is 2.00. The van der Waals surface area contributed by atoms with Crippen LogP contribution < -0.4 is 4.74 Å². The molecule has 0 radical (unpaired) electrons. The number of para-hydroxylation sites is 2. The van der Waals surface area contributed by atoms with Gasteiger partial charge in [0.25, 0.3) is 0 Å². The van der Waals surface area contributed by atoms with Gasteiger partial charge in [-0.25, -0.2) is 8.42 Å². The van der Waals surface area contributed by atoms with Crippen molar-refractivity contribution in [3.63, 3.8) is 0 Å². The molecule has 0 bridgehead atoms. The van der Waals surface area contributed by atoms with Gasteiger partial charge < -0.3 is 14.6 Å². The quantitative estimate of drug-likeness (QED) is 0.712. The van der Waals surface area contributed by atoms with Crippen molar-refractivity contribution in [2.45, 2.75) is 5.75 Å². The molecule has 0 spiro atoms. The van der Waals surface area contributed by atoms with E-state index in [1.807, 2.05) is 30.3 Å². The van der Waals surface area contributed by atoms with E-state index < -0.39 is 9.84 Å². The standard InChI is InChI=1S/C17H20O5S/c18-10-11-21-12-13-23(19,20)14-15-6-4-5-9-17(15)22-16-7-2-1-3-8-16/h1-9,18H,10-14H2. The Balaban J connectivity index is 2.05. The van der Waals surface area contributed by atoms with Crippen molar-refractivity contribution in [3.8, 4) is 11.5 Å². The summed E-state index contributed by atoms with van der Waals surface area (Å²) in [7, 11) is -3.32. The Kier molecular flexibility index (Phi) is 6.58. The Morgan fingerprint density at radius 2 is 1.61 bits per heavy atom. The van der Waals surface area contributed by atoms with E-state index in [-0.39, 0.29) is 31.3 Å². The average molecular weight is 336 g/mol. The van der Waals surface area contributed by atoms with E-state index in [0.717, 1.165) is 0 Å². The molecule has 5 nitrogen and oxygen atoms in total. The second kappa shape index (κ2) is 8.67. The van der Waals surface area contributed by atoms with Crippen molar-refractivity contribution < 1.29 is 23.0 Å². The largest absolute Gasteiger partial charge is 0.457 e. The third-order valence-corrected chi connectivity index (χ3v) is 4.63. The van der Waals surface area contributed by atoms with Gasteiger partial charge in [0, 0.05) is 5.56 Å². The maximum atomic E-state index is 12.2. The monoisotopic (exact) mass is 336 g/mol. The summed E-state index contributed by atoms with van der Waals surface area (Å²) in [5.41, 5.74) is 0.610. The maximum absolute atomic E-state index is 12.2. The molecule has 0 unspecified atom stereocenters. The third kappa shape index (κ3) is 6.02. The Hall–Kier alpha value is -1.89. The van der Waals surface area contributed by atoms with Crippen molar-refractivity contribution in [1.29, 1.82) is 0 Å². The van der Waals surface area contributed by atoms with Gasteiger partial charge >= 0.3 is 0 Å². The summed E-state index contributed by atoms with van der Waals surface area (Å²) in [6, 6.07) is 16.3. The van der Waals surface area contributed by atoms with Crippen LogP contribution in [0.1, 0.15) is 5.56 Å². The molecule has 0 aromatic heterocycles. The molecular weight excluding hydrogens is 316 g/mol. The molecule has 0 saturated carbocycles. The summed E-state index contributed by atoms with van der Waals surface area (Å²) in [4.78, 5) is 0. The molecule has 0 aliphatic rings. The molecule has 0 saturated heterocycles. The molecule has 2 aromatic carbocycles. The summed E-state index contributed by atoms with van der Waals surface area (Å²) in [6.07, 6.45) is 0. The van der Waals surface area contributed by atoms with Crippen molar-refractivity contribution in [3.05, 3.63) is 60.2 Å². The van der Waals surface area contributed by atoms with Crippen LogP contribution in [0.4, 0.5) is 0 Å². The summed E-state index contributed by atoms with van der Waals surface area (Å²) in [6.45, 7) is 0.0988. The number of aliphatic hydroxyl groups excluding tert-OH is 1. The van der Waals surface area contributed by atoms with Crippen LogP contribution in [-0.2, 0) is 20.3 Å². The molecule has 0 fully saturated rings. The zero-order valence-electron chi connectivity index (χ0n) is 12.7. The number of aliphatic hydroxyl groups is 1. The summed E-state index contributed by atoms with van der Waals surface area (Å²) >= 11 is 0. The zero-order valence-corrected chi connectivity index (χ0v) is 13.5. The van der Waals surface area contributed by atoms with Crippen LogP contribution >= 0.6 is 0 Å². The molecule has 2 aromatic rings. The predicted octanol–water partition coefficient (Wildman–Crippen LogP) is 2.40. The van der Waals surface area contributed by atoms with Crippen LogP contribution in [-0.4, -0.2) is 39.1 Å². The highest BCUT2D eigenvalue weighted by Gasteiger charge is 2.15. The van der Waals surface area contributed by atoms with Crippen LogP contribution in [0, 0.1) is 0 Å². The van der Waals surface area contributed by atoms with Crippen LogP contribution in [0.2, 0.25) is 0 Å². The molecule has 0 heterocycles. The van der Waals surface area contributed by atoms with E-state index in [0.29, 0.717) is 17.1 Å². The normalized spacial score (nSPS) is 11.3. The van der Waals surface area contributed by atoms with Crippen molar-refractivity contribution >= 4 is 9.84 Å². The Labute approximate surface area is 136 Å². The van der Waals surface area contributed by atoms with Gasteiger partial charge in [0.05, 0.1) is 31.3 Å². The van der Waals surface area contributed by atoms with Gasteiger partial charge in [-0.05, 0) is 18.2 Å². The SMILES string of the molecule is O=S(=O)(CCOCCO)Cc1ccccc1Oc1ccccc1. The van der Waals surface area contributed by atoms with E-state index >= 15 is 0 Å². The minimum atomic E-state index is -3.32. The minimum absolute atomic E-state index is 0.0740. The molecule has 1 N–H and O–H groups in total. The second-order valence-corrected chi connectivity index (χ2v) is 7.13. The van der Waals surface area contributed by atoms with E-state index in [1.165, 1.54) is 0 Å². The highest BCUT2D eigenvalue weighted by atomic mass is 32.2. The lowest BCUT2D eigenvalue weighted by Gasteiger charge is -2.11. The van der Waals surface area contributed by atoms with Gasteiger partial charge in [0.2, 0.25) is 0 Å². The number of hydrogen-bond acceptors (Lipinski definition) is 5. The molecule has 0 aliphatic heterocycles. The highest BCUT2D eigenvalue weighted by molar-refractivity contribution is 7.90. The smallest absolute Gasteiger partial charge is 0.156 e. The minimum Gasteiger partial charge on any atom is -0.457 e. The van der Waals surface area contributed by atoms with E-state index in [1.54, 1.807) is 24.3 Å². The summed E-state index contributed by atoms with van der Waals surface area (Å²) < 4.78 is 35.1. The van der Waals surface area contributed by atoms with Crippen LogP contribution in [0.25, 0.3) is 0 Å². The fourth-order valence-corrected chi connectivity index (χ4v) is 3.23. The molecule has 0 atom stereocenters. The summed E-state index contributed by atoms with van der Waals surface area (Å²) in [5, 5.41) is 8.62. The first kappa shape index (κ1) is 17.5. The fraction of sp³-hybridized carbons (Fsp3) is 0.294. The number of sulfone groups is 1. The van der Waals surface area contributed by atoms with Crippen molar-refractivity contribution in [2.75, 3.05) is 25.6 Å². The molecule has 2 rings (SSSR count). The van der Waals surface area contributed by atoms with Crippen molar-refractivity contribution in [1.82, 2.24) is 0 Å². The lowest BCUT2D eigenvalue weighted by Crippen LogP contribution is -2.15. The molecule has 6 heteroatoms. The first-order valence-electron chi connectivity index (χ1n) is 7.30. The number of benzene rings is 2. The van der Waals surface area contributed by atoms with E-state index in [9.17, 15) is 8.42 Å². The van der Waals surface area contributed by atoms with Gasteiger partial charge in [0.1, 0.15) is 11.5 Å². The molecule has 124 valence electrons. The van der Waals surface area contributed by atoms with Crippen LogP contribution in [0.5, 0.6) is 11.5 Å². The van der Waals surface area contributed by atoms with Crippen LogP contribution in [0.3, 0.4) is 0 Å². The third-order valence-electron chi connectivity index (χ3n) is 3.09. The van der Waals surface area contributed by atoms with Gasteiger partial charge in [-0.15, -0.1) is 0 Å². The number of ether oxygens (including phenoxy) is 2. The lowest BCUT2D eigenvalue weighted by atomic mass is 10.2. The Morgan fingerprint density at radius 3 is 2.35 bits per heavy atom. The topological polar surface area (TPSA) is 72.8 Å². The molecule has 0 aliphatic carbocycles. The summed E-state index contributed by atoms with van der Waals surface area (Å²) in [5.74, 6) is 0.979. The Bertz CT molecular complexity index is 698.